The quantitative estimate of drug-likeness (QED) is 0.132. The number of carbonyl (C=O) groups is 3. The van der Waals surface area contributed by atoms with E-state index < -0.39 is 46.9 Å². The largest absolute Gasteiger partial charge is 0.493 e. The molecule has 1 unspecified atom stereocenters. The number of carbonyl (C=O) groups excluding carboxylic acids is 2. The second-order valence-corrected chi connectivity index (χ2v) is 13.2. The SMILES string of the molecule is COc1cc2nccc(Oc3ccc(NC(=O)c4c(C)n(CC(C)[C@@H](NC(=O)OC(C)(C)C)C(=O)O)n(-c5ccccc5)c4=O)cc3F)c2cc1OC. The number of carboxylic acid groups (broad SMARTS) is 1. The minimum atomic E-state index is -1.40. The number of rotatable bonds is 12. The molecular formula is C38H40FN5O9. The Labute approximate surface area is 304 Å². The second-order valence-electron chi connectivity index (χ2n) is 13.2. The van der Waals surface area contributed by atoms with E-state index in [0.29, 0.717) is 33.8 Å². The van der Waals surface area contributed by atoms with Crippen LogP contribution in [-0.2, 0) is 16.1 Å². The Hall–Kier alpha value is -6.38. The second kappa shape index (κ2) is 15.5. The third-order valence-electron chi connectivity index (χ3n) is 8.21. The zero-order chi connectivity index (χ0) is 38.6. The van der Waals surface area contributed by atoms with Gasteiger partial charge in [0.25, 0.3) is 11.5 Å². The van der Waals surface area contributed by atoms with Gasteiger partial charge in [0.2, 0.25) is 0 Å². The van der Waals surface area contributed by atoms with Crippen LogP contribution < -0.4 is 30.4 Å². The maximum Gasteiger partial charge on any atom is 0.408 e. The molecule has 0 fully saturated rings. The third-order valence-corrected chi connectivity index (χ3v) is 8.21. The number of benzene rings is 3. The lowest BCUT2D eigenvalue weighted by molar-refractivity contribution is -0.141. The first-order chi connectivity index (χ1) is 25.1. The van der Waals surface area contributed by atoms with Crippen LogP contribution in [0.25, 0.3) is 16.6 Å². The van der Waals surface area contributed by atoms with Crippen molar-refractivity contribution in [2.45, 2.75) is 52.8 Å². The first-order valence-corrected chi connectivity index (χ1v) is 16.5. The van der Waals surface area contributed by atoms with Crippen LogP contribution in [0, 0.1) is 18.7 Å². The Morgan fingerprint density at radius 2 is 1.62 bits per heavy atom. The zero-order valence-corrected chi connectivity index (χ0v) is 30.2. The lowest BCUT2D eigenvalue weighted by atomic mass is 10.0. The molecular weight excluding hydrogens is 689 g/mol. The van der Waals surface area contributed by atoms with Gasteiger partial charge in [-0.1, -0.05) is 25.1 Å². The van der Waals surface area contributed by atoms with Crippen molar-refractivity contribution in [3.63, 3.8) is 0 Å². The standard InChI is InChI=1S/C38H40FN5O9/c1-21(33(36(47)48)42-37(49)53-38(3,4)5)20-43-22(2)32(35(46)44(43)24-11-9-8-10-12-24)34(45)41-23-13-14-29(26(39)17-23)52-28-15-16-40-27-19-31(51-7)30(50-6)18-25(27)28/h8-19,21,33H,20H2,1-7H3,(H,41,45)(H,42,49)(H,47,48)/t21?,33-/m1/s1. The molecule has 5 aromatic rings. The monoisotopic (exact) mass is 729 g/mol. The molecule has 0 radical (unpaired) electrons. The van der Waals surface area contributed by atoms with Crippen LogP contribution in [0.15, 0.2) is 77.7 Å². The number of amides is 2. The van der Waals surface area contributed by atoms with Crippen LogP contribution in [0.4, 0.5) is 14.9 Å². The highest BCUT2D eigenvalue weighted by atomic mass is 19.1. The topological polar surface area (TPSA) is 172 Å². The van der Waals surface area contributed by atoms with Crippen molar-refractivity contribution < 1.29 is 42.8 Å². The minimum Gasteiger partial charge on any atom is -0.493 e. The van der Waals surface area contributed by atoms with Crippen molar-refractivity contribution >= 4 is 34.6 Å². The van der Waals surface area contributed by atoms with E-state index in [0.717, 1.165) is 6.07 Å². The van der Waals surface area contributed by atoms with E-state index in [1.54, 1.807) is 83.1 Å². The molecule has 0 aliphatic rings. The summed E-state index contributed by atoms with van der Waals surface area (Å²) in [6, 6.07) is 15.8. The highest BCUT2D eigenvalue weighted by molar-refractivity contribution is 6.05. The molecule has 2 heterocycles. The predicted octanol–water partition coefficient (Wildman–Crippen LogP) is 6.31. The molecule has 0 saturated heterocycles. The number of methoxy groups -OCH3 is 2. The summed E-state index contributed by atoms with van der Waals surface area (Å²) < 4.78 is 40.1. The van der Waals surface area contributed by atoms with Crippen molar-refractivity contribution in [1.29, 1.82) is 0 Å². The number of anilines is 1. The number of alkyl carbamates (subject to hydrolysis) is 1. The van der Waals surface area contributed by atoms with Crippen LogP contribution >= 0.6 is 0 Å². The molecule has 3 aromatic carbocycles. The first kappa shape index (κ1) is 37.9. The Morgan fingerprint density at radius 1 is 0.943 bits per heavy atom. The Morgan fingerprint density at radius 3 is 2.25 bits per heavy atom. The van der Waals surface area contributed by atoms with Gasteiger partial charge in [0.1, 0.15) is 23.0 Å². The number of hydrogen-bond acceptors (Lipinski definition) is 9. The molecule has 2 aromatic heterocycles. The van der Waals surface area contributed by atoms with Gasteiger partial charge in [-0.05, 0) is 64.1 Å². The number of fused-ring (bicyclic) bond motifs is 1. The maximum absolute atomic E-state index is 15.5. The van der Waals surface area contributed by atoms with E-state index in [9.17, 15) is 24.3 Å². The Balaban J connectivity index is 1.43. The fraction of sp³-hybridized carbons (Fsp3) is 0.289. The Kier molecular flexibility index (Phi) is 11.1. The van der Waals surface area contributed by atoms with E-state index in [-0.39, 0.29) is 29.2 Å². The molecule has 3 N–H and O–H groups in total. The van der Waals surface area contributed by atoms with Gasteiger partial charge in [0, 0.05) is 41.9 Å². The van der Waals surface area contributed by atoms with E-state index in [1.165, 1.54) is 41.9 Å². The number of nitrogens with zero attached hydrogens (tertiary/aromatic N) is 3. The average Bonchev–Trinajstić information content (AvgIpc) is 3.35. The summed E-state index contributed by atoms with van der Waals surface area (Å²) in [7, 11) is 2.99. The van der Waals surface area contributed by atoms with Gasteiger partial charge in [-0.2, -0.15) is 0 Å². The van der Waals surface area contributed by atoms with Crippen molar-refractivity contribution in [2.24, 2.45) is 5.92 Å². The average molecular weight is 730 g/mol. The lowest BCUT2D eigenvalue weighted by Crippen LogP contribution is -2.48. The van der Waals surface area contributed by atoms with Crippen LogP contribution in [0.3, 0.4) is 0 Å². The van der Waals surface area contributed by atoms with Crippen molar-refractivity contribution in [2.75, 3.05) is 19.5 Å². The summed E-state index contributed by atoms with van der Waals surface area (Å²) in [4.78, 5) is 56.7. The molecule has 15 heteroatoms. The summed E-state index contributed by atoms with van der Waals surface area (Å²) in [5.41, 5.74) is -0.612. The molecule has 53 heavy (non-hydrogen) atoms. The number of para-hydroxylation sites is 1. The van der Waals surface area contributed by atoms with Crippen LogP contribution in [0.1, 0.15) is 43.7 Å². The first-order valence-electron chi connectivity index (χ1n) is 16.5. The smallest absolute Gasteiger partial charge is 0.408 e. The van der Waals surface area contributed by atoms with Gasteiger partial charge in [0.05, 0.1) is 31.1 Å². The number of hydrogen-bond donors (Lipinski definition) is 3. The van der Waals surface area contributed by atoms with Gasteiger partial charge >= 0.3 is 12.1 Å². The lowest BCUT2D eigenvalue weighted by Gasteiger charge is -2.26. The van der Waals surface area contributed by atoms with Gasteiger partial charge < -0.3 is 34.7 Å². The number of pyridine rings is 1. The number of aliphatic carboxylic acids is 1. The van der Waals surface area contributed by atoms with Gasteiger partial charge in [-0.25, -0.2) is 18.7 Å². The number of nitrogens with one attached hydrogen (secondary N) is 2. The summed E-state index contributed by atoms with van der Waals surface area (Å²) in [5.74, 6) is -2.67. The minimum absolute atomic E-state index is 0.0459. The number of halogens is 1. The van der Waals surface area contributed by atoms with Crippen molar-refractivity contribution in [3.8, 4) is 28.7 Å². The normalized spacial score (nSPS) is 12.5. The molecule has 2 atom stereocenters. The fourth-order valence-electron chi connectivity index (χ4n) is 5.73. The Bertz CT molecular complexity index is 2230. The van der Waals surface area contributed by atoms with Gasteiger partial charge in [-0.15, -0.1) is 0 Å². The van der Waals surface area contributed by atoms with Crippen LogP contribution in [-0.4, -0.2) is 63.3 Å². The summed E-state index contributed by atoms with van der Waals surface area (Å²) in [5, 5.41) is 15.5. The zero-order valence-electron chi connectivity index (χ0n) is 30.2. The molecule has 0 bridgehead atoms. The third kappa shape index (κ3) is 8.41. The van der Waals surface area contributed by atoms with E-state index >= 15 is 4.39 Å². The highest BCUT2D eigenvalue weighted by Gasteiger charge is 2.32. The number of aromatic nitrogens is 3. The molecule has 5 rings (SSSR count). The van der Waals surface area contributed by atoms with Crippen molar-refractivity contribution in [1.82, 2.24) is 19.7 Å². The maximum atomic E-state index is 15.5. The van der Waals surface area contributed by atoms with Crippen molar-refractivity contribution in [3.05, 3.63) is 100 Å². The number of carboxylic acids is 1. The molecule has 0 aliphatic heterocycles. The highest BCUT2D eigenvalue weighted by Crippen LogP contribution is 2.37. The van der Waals surface area contributed by atoms with E-state index in [4.69, 9.17) is 18.9 Å². The summed E-state index contributed by atoms with van der Waals surface area (Å²) >= 11 is 0. The van der Waals surface area contributed by atoms with Gasteiger partial charge in [0.15, 0.2) is 23.1 Å². The molecule has 0 saturated carbocycles. The predicted molar refractivity (Wildman–Crippen MR) is 194 cm³/mol. The van der Waals surface area contributed by atoms with Crippen LogP contribution in [0.2, 0.25) is 0 Å². The fourth-order valence-corrected chi connectivity index (χ4v) is 5.73. The molecule has 2 amide bonds. The molecule has 0 aliphatic carbocycles. The summed E-state index contributed by atoms with van der Waals surface area (Å²) in [6.45, 7) is 7.98. The molecule has 14 nitrogen and oxygen atoms in total. The molecule has 278 valence electrons. The van der Waals surface area contributed by atoms with Crippen LogP contribution in [0.5, 0.6) is 23.0 Å². The molecule has 0 spiro atoms. The van der Waals surface area contributed by atoms with E-state index in [2.05, 4.69) is 15.6 Å². The van der Waals surface area contributed by atoms with E-state index in [1.807, 2.05) is 0 Å². The number of ether oxygens (including phenoxy) is 4. The summed E-state index contributed by atoms with van der Waals surface area (Å²) in [6.07, 6.45) is 0.590. The van der Waals surface area contributed by atoms with Gasteiger partial charge in [-0.3, -0.25) is 19.3 Å².